The lowest BCUT2D eigenvalue weighted by Crippen LogP contribution is -2.14. The van der Waals surface area contributed by atoms with Gasteiger partial charge in [0.1, 0.15) is 0 Å². The predicted octanol–water partition coefficient (Wildman–Crippen LogP) is 0.882. The van der Waals surface area contributed by atoms with E-state index in [1.165, 1.54) is 7.11 Å². The van der Waals surface area contributed by atoms with Crippen LogP contribution in [-0.2, 0) is 9.53 Å². The zero-order valence-corrected chi connectivity index (χ0v) is 8.10. The molecule has 0 aliphatic rings. The molecule has 0 amide bonds. The van der Waals surface area contributed by atoms with E-state index in [1.54, 1.807) is 12.1 Å². The molecular weight excluding hydrogens is 192 g/mol. The maximum Gasteiger partial charge on any atom is 0.449 e. The summed E-state index contributed by atoms with van der Waals surface area (Å²) >= 11 is 0. The molecule has 0 atom stereocenters. The topological polar surface area (TPSA) is 62.7 Å². The van der Waals surface area contributed by atoms with Crippen LogP contribution in [-0.4, -0.2) is 23.6 Å². The van der Waals surface area contributed by atoms with Crippen LogP contribution in [0, 0.1) is 11.8 Å². The van der Waals surface area contributed by atoms with Crippen LogP contribution in [0.1, 0.15) is 5.56 Å². The van der Waals surface area contributed by atoms with Crippen LogP contribution in [0.5, 0.6) is 0 Å². The third-order valence-corrected chi connectivity index (χ3v) is 1.58. The van der Waals surface area contributed by atoms with Gasteiger partial charge in [-0.15, -0.1) is 4.79 Å². The number of ether oxygens (including phenoxy) is 1. The van der Waals surface area contributed by atoms with Gasteiger partial charge in [0.15, 0.2) is 0 Å². The highest BCUT2D eigenvalue weighted by Gasteiger charge is 2.16. The summed E-state index contributed by atoms with van der Waals surface area (Å²) in [4.78, 5) is 13.7. The zero-order valence-electron chi connectivity index (χ0n) is 8.10. The van der Waals surface area contributed by atoms with Gasteiger partial charge < -0.3 is 10.3 Å². The van der Waals surface area contributed by atoms with Gasteiger partial charge in [-0.1, -0.05) is 24.1 Å². The van der Waals surface area contributed by atoms with Gasteiger partial charge in [0.25, 0.3) is 0 Å². The van der Waals surface area contributed by atoms with Gasteiger partial charge in [-0.25, -0.2) is 4.79 Å². The normalized spacial score (nSPS) is 8.07. The maximum absolute atomic E-state index is 10.9. The number of benzene rings is 1. The molecule has 0 unspecified atom stereocenters. The van der Waals surface area contributed by atoms with E-state index in [4.69, 9.17) is 5.53 Å². The van der Waals surface area contributed by atoms with E-state index in [0.29, 0.717) is 0 Å². The quantitative estimate of drug-likeness (QED) is 0.222. The van der Waals surface area contributed by atoms with Crippen molar-refractivity contribution in [2.24, 2.45) is 0 Å². The smallest absolute Gasteiger partial charge is 0.449 e. The number of hydrogen-bond acceptors (Lipinski definition) is 2. The van der Waals surface area contributed by atoms with E-state index in [-0.39, 0.29) is 5.71 Å². The molecule has 0 bridgehead atoms. The summed E-state index contributed by atoms with van der Waals surface area (Å²) in [6.07, 6.45) is 0. The Hall–Kier alpha value is -2.37. The molecule has 0 aliphatic carbocycles. The standard InChI is InChI=1S/C11H8N2O2/c1-15-11(14)10(13-12)8-7-9-5-3-2-4-6-9/h2-6H,1H3. The first-order valence-electron chi connectivity index (χ1n) is 4.15. The van der Waals surface area contributed by atoms with Crippen LogP contribution in [0.3, 0.4) is 0 Å². The molecule has 0 saturated heterocycles. The Balaban J connectivity index is 2.91. The second kappa shape index (κ2) is 5.38. The molecule has 15 heavy (non-hydrogen) atoms. The fraction of sp³-hybridized carbons (Fsp3) is 0.0909. The predicted molar refractivity (Wildman–Crippen MR) is 54.0 cm³/mol. The fourth-order valence-corrected chi connectivity index (χ4v) is 0.866. The molecule has 0 heterocycles. The molecule has 1 rings (SSSR count). The monoisotopic (exact) mass is 200 g/mol. The lowest BCUT2D eigenvalue weighted by molar-refractivity contribution is -0.136. The molecular formula is C11H8N2O2. The van der Waals surface area contributed by atoms with Crippen molar-refractivity contribution in [3.8, 4) is 11.8 Å². The van der Waals surface area contributed by atoms with Crippen LogP contribution < -0.4 is 0 Å². The summed E-state index contributed by atoms with van der Waals surface area (Å²) in [6.45, 7) is 0. The molecule has 74 valence electrons. The van der Waals surface area contributed by atoms with E-state index < -0.39 is 5.97 Å². The Morgan fingerprint density at radius 2 is 2.07 bits per heavy atom. The Morgan fingerprint density at radius 3 is 2.60 bits per heavy atom. The zero-order chi connectivity index (χ0) is 11.1. The Morgan fingerprint density at radius 1 is 1.40 bits per heavy atom. The van der Waals surface area contributed by atoms with Gasteiger partial charge in [0, 0.05) is 11.5 Å². The largest absolute Gasteiger partial charge is 0.460 e. The van der Waals surface area contributed by atoms with Crippen molar-refractivity contribution in [2.45, 2.75) is 0 Å². The fourth-order valence-electron chi connectivity index (χ4n) is 0.866. The minimum atomic E-state index is -0.763. The summed E-state index contributed by atoms with van der Waals surface area (Å²) in [5, 5.41) is 0. The van der Waals surface area contributed by atoms with Crippen LogP contribution in [0.2, 0.25) is 0 Å². The molecule has 0 aromatic heterocycles. The summed E-state index contributed by atoms with van der Waals surface area (Å²) in [6, 6.07) is 9.04. The van der Waals surface area contributed by atoms with Crippen molar-refractivity contribution in [2.75, 3.05) is 7.11 Å². The SMILES string of the molecule is COC(=O)C(C#Cc1ccccc1)=[N+]=[N-]. The molecule has 0 aliphatic heterocycles. The third-order valence-electron chi connectivity index (χ3n) is 1.58. The highest BCUT2D eigenvalue weighted by Crippen LogP contribution is 1.94. The molecule has 0 radical (unpaired) electrons. The highest BCUT2D eigenvalue weighted by atomic mass is 16.5. The van der Waals surface area contributed by atoms with Crippen molar-refractivity contribution >= 4 is 11.7 Å². The Bertz CT molecular complexity index is 462. The Labute approximate surface area is 87.1 Å². The lowest BCUT2D eigenvalue weighted by Gasteiger charge is -1.86. The van der Waals surface area contributed by atoms with Gasteiger partial charge in [-0.05, 0) is 12.1 Å². The number of esters is 1. The van der Waals surface area contributed by atoms with E-state index in [9.17, 15) is 4.79 Å². The molecule has 1 aromatic rings. The van der Waals surface area contributed by atoms with Crippen LogP contribution in [0.15, 0.2) is 30.3 Å². The van der Waals surface area contributed by atoms with E-state index >= 15 is 0 Å². The van der Waals surface area contributed by atoms with Gasteiger partial charge in [-0.2, -0.15) is 0 Å². The number of nitrogens with zero attached hydrogens (tertiary/aromatic N) is 2. The molecule has 0 fully saturated rings. The van der Waals surface area contributed by atoms with Crippen LogP contribution in [0.4, 0.5) is 0 Å². The number of hydrogen-bond donors (Lipinski definition) is 0. The first-order chi connectivity index (χ1) is 7.27. The maximum atomic E-state index is 10.9. The van der Waals surface area contributed by atoms with Gasteiger partial charge in [-0.3, -0.25) is 0 Å². The first-order valence-corrected chi connectivity index (χ1v) is 4.15. The number of carbonyl (C=O) groups excluding carboxylic acids is 1. The van der Waals surface area contributed by atoms with Crippen LogP contribution >= 0.6 is 0 Å². The van der Waals surface area contributed by atoms with Crippen molar-refractivity contribution in [3.63, 3.8) is 0 Å². The van der Waals surface area contributed by atoms with Gasteiger partial charge >= 0.3 is 11.7 Å². The summed E-state index contributed by atoms with van der Waals surface area (Å²) in [7, 11) is 1.19. The van der Waals surface area contributed by atoms with Crippen molar-refractivity contribution in [1.82, 2.24) is 0 Å². The second-order valence-electron chi connectivity index (χ2n) is 2.56. The van der Waals surface area contributed by atoms with E-state index in [0.717, 1.165) is 5.56 Å². The minimum absolute atomic E-state index is 0.318. The highest BCUT2D eigenvalue weighted by molar-refractivity contribution is 6.41. The average molecular weight is 200 g/mol. The minimum Gasteiger partial charge on any atom is -0.460 e. The summed E-state index contributed by atoms with van der Waals surface area (Å²) in [5.41, 5.74) is 8.90. The summed E-state index contributed by atoms with van der Waals surface area (Å²) < 4.78 is 4.36. The summed E-state index contributed by atoms with van der Waals surface area (Å²) in [5.74, 6) is 4.32. The third kappa shape index (κ3) is 3.11. The van der Waals surface area contributed by atoms with E-state index in [2.05, 4.69) is 21.4 Å². The van der Waals surface area contributed by atoms with Crippen LogP contribution in [0.25, 0.3) is 5.53 Å². The first kappa shape index (κ1) is 10.7. The number of carbonyl (C=O) groups is 1. The molecule has 0 saturated carbocycles. The van der Waals surface area contributed by atoms with E-state index in [1.807, 2.05) is 18.2 Å². The Kier molecular flexibility index (Phi) is 3.84. The molecule has 1 aromatic carbocycles. The van der Waals surface area contributed by atoms with Crippen molar-refractivity contribution < 1.29 is 14.3 Å². The second-order valence-corrected chi connectivity index (χ2v) is 2.56. The van der Waals surface area contributed by atoms with Gasteiger partial charge in [0.2, 0.25) is 0 Å². The van der Waals surface area contributed by atoms with Crippen molar-refractivity contribution in [3.05, 3.63) is 41.4 Å². The molecule has 0 N–H and O–H groups in total. The van der Waals surface area contributed by atoms with Crippen molar-refractivity contribution in [1.29, 1.82) is 0 Å². The average Bonchev–Trinajstić information content (AvgIpc) is 2.31. The number of rotatable bonds is 1. The molecule has 4 heteroatoms. The lowest BCUT2D eigenvalue weighted by atomic mass is 10.2. The van der Waals surface area contributed by atoms with Gasteiger partial charge in [0.05, 0.1) is 7.11 Å². The molecule has 0 spiro atoms. The number of methoxy groups -OCH3 is 1. The molecule has 4 nitrogen and oxygen atoms in total.